The molecule has 1 saturated carbocycles. The Hall–Kier alpha value is -1.14. The van der Waals surface area contributed by atoms with E-state index in [2.05, 4.69) is 10.6 Å². The first kappa shape index (κ1) is 11.9. The van der Waals surface area contributed by atoms with E-state index in [-0.39, 0.29) is 36.5 Å². The van der Waals surface area contributed by atoms with E-state index >= 15 is 0 Å². The molecule has 3 unspecified atom stereocenters. The van der Waals surface area contributed by atoms with Crippen LogP contribution in [0, 0.1) is 0 Å². The molecular formula is C12H19N3O3. The van der Waals surface area contributed by atoms with Gasteiger partial charge in [0.05, 0.1) is 25.3 Å². The maximum Gasteiger partial charge on any atom is 0.241 e. The molecule has 18 heavy (non-hydrogen) atoms. The molecule has 0 aromatic rings. The molecule has 2 saturated heterocycles. The highest BCUT2D eigenvalue weighted by Gasteiger charge is 2.40. The van der Waals surface area contributed by atoms with Crippen molar-refractivity contribution in [3.8, 4) is 0 Å². The molecule has 100 valence electrons. The molecule has 2 heterocycles. The summed E-state index contributed by atoms with van der Waals surface area (Å²) in [6.07, 6.45) is 3.45. The molecule has 6 nitrogen and oxygen atoms in total. The van der Waals surface area contributed by atoms with E-state index in [1.165, 1.54) is 0 Å². The lowest BCUT2D eigenvalue weighted by Gasteiger charge is -2.40. The van der Waals surface area contributed by atoms with E-state index in [9.17, 15) is 9.59 Å². The van der Waals surface area contributed by atoms with Crippen molar-refractivity contribution in [1.82, 2.24) is 15.5 Å². The molecule has 3 aliphatic rings. The lowest BCUT2D eigenvalue weighted by molar-refractivity contribution is -0.147. The van der Waals surface area contributed by atoms with Gasteiger partial charge in [0.15, 0.2) is 0 Å². The average molecular weight is 253 g/mol. The van der Waals surface area contributed by atoms with Crippen molar-refractivity contribution >= 4 is 11.8 Å². The van der Waals surface area contributed by atoms with E-state index in [4.69, 9.17) is 4.74 Å². The molecule has 0 bridgehead atoms. The summed E-state index contributed by atoms with van der Waals surface area (Å²) in [5.41, 5.74) is 0. The minimum atomic E-state index is -0.276. The van der Waals surface area contributed by atoms with Gasteiger partial charge in [0, 0.05) is 13.1 Å². The molecule has 0 aromatic carbocycles. The van der Waals surface area contributed by atoms with Crippen LogP contribution in [0.5, 0.6) is 0 Å². The van der Waals surface area contributed by atoms with E-state index in [1.54, 1.807) is 0 Å². The quantitative estimate of drug-likeness (QED) is 0.619. The molecule has 0 radical (unpaired) electrons. The number of carbonyl (C=O) groups is 2. The summed E-state index contributed by atoms with van der Waals surface area (Å²) in [6.45, 7) is 1.93. The second kappa shape index (κ2) is 4.85. The lowest BCUT2D eigenvalue weighted by Crippen LogP contribution is -2.62. The van der Waals surface area contributed by atoms with Crippen LogP contribution in [0.2, 0.25) is 0 Å². The fourth-order valence-corrected chi connectivity index (χ4v) is 3.14. The third-order valence-electron chi connectivity index (χ3n) is 4.08. The van der Waals surface area contributed by atoms with Crippen LogP contribution in [-0.4, -0.2) is 61.1 Å². The van der Waals surface area contributed by atoms with Crippen molar-refractivity contribution in [3.63, 3.8) is 0 Å². The van der Waals surface area contributed by atoms with Crippen LogP contribution in [0.15, 0.2) is 0 Å². The zero-order valence-electron chi connectivity index (χ0n) is 10.4. The Morgan fingerprint density at radius 2 is 2.28 bits per heavy atom. The highest BCUT2D eigenvalue weighted by Crippen LogP contribution is 2.29. The number of amides is 2. The molecule has 3 fully saturated rings. The highest BCUT2D eigenvalue weighted by atomic mass is 16.5. The summed E-state index contributed by atoms with van der Waals surface area (Å²) in [7, 11) is 0. The van der Waals surface area contributed by atoms with Gasteiger partial charge in [-0.3, -0.25) is 14.9 Å². The fourth-order valence-electron chi connectivity index (χ4n) is 3.14. The number of morpholine rings is 1. The standard InChI is InChI=1S/C12H19N3O3/c16-11-7-13-8(6-14-11)12(17)15-4-5-18-10-3-1-2-9(10)15/h8-10,13H,1-7H2,(H,14,16). The molecule has 0 aromatic heterocycles. The van der Waals surface area contributed by atoms with E-state index < -0.39 is 0 Å². The van der Waals surface area contributed by atoms with Crippen LogP contribution in [0.3, 0.4) is 0 Å². The first-order valence-electron chi connectivity index (χ1n) is 6.68. The summed E-state index contributed by atoms with van der Waals surface area (Å²) in [4.78, 5) is 25.5. The van der Waals surface area contributed by atoms with Crippen LogP contribution in [0.25, 0.3) is 0 Å². The van der Waals surface area contributed by atoms with Crippen molar-refractivity contribution in [2.45, 2.75) is 37.5 Å². The normalized spacial score (nSPS) is 36.1. The Kier molecular flexibility index (Phi) is 3.22. The SMILES string of the molecule is O=C1CNC(C(=O)N2CCOC3CCCC32)CN1. The fraction of sp³-hybridized carbons (Fsp3) is 0.833. The molecule has 3 rings (SSSR count). The number of nitrogens with one attached hydrogen (secondary N) is 2. The topological polar surface area (TPSA) is 70.7 Å². The molecular weight excluding hydrogens is 234 g/mol. The third-order valence-corrected chi connectivity index (χ3v) is 4.08. The maximum absolute atomic E-state index is 12.5. The van der Waals surface area contributed by atoms with Gasteiger partial charge in [-0.2, -0.15) is 0 Å². The van der Waals surface area contributed by atoms with Gasteiger partial charge >= 0.3 is 0 Å². The molecule has 0 spiro atoms. The molecule has 2 amide bonds. The summed E-state index contributed by atoms with van der Waals surface area (Å²) in [5, 5.41) is 5.73. The number of hydrogen-bond donors (Lipinski definition) is 2. The smallest absolute Gasteiger partial charge is 0.241 e. The Morgan fingerprint density at radius 1 is 1.39 bits per heavy atom. The predicted octanol–water partition coefficient (Wildman–Crippen LogP) is -1.15. The summed E-state index contributed by atoms with van der Waals surface area (Å²) in [5.74, 6) is 0.0648. The van der Waals surface area contributed by atoms with Crippen molar-refractivity contribution < 1.29 is 14.3 Å². The summed E-state index contributed by atoms with van der Waals surface area (Å²) >= 11 is 0. The van der Waals surface area contributed by atoms with E-state index in [0.717, 1.165) is 19.3 Å². The second-order valence-corrected chi connectivity index (χ2v) is 5.18. The first-order chi connectivity index (χ1) is 8.75. The van der Waals surface area contributed by atoms with E-state index in [0.29, 0.717) is 19.7 Å². The van der Waals surface area contributed by atoms with Crippen molar-refractivity contribution in [2.75, 3.05) is 26.2 Å². The highest BCUT2D eigenvalue weighted by molar-refractivity contribution is 5.87. The molecule has 2 N–H and O–H groups in total. The average Bonchev–Trinajstić information content (AvgIpc) is 2.87. The first-order valence-corrected chi connectivity index (χ1v) is 6.68. The van der Waals surface area contributed by atoms with Gasteiger partial charge in [0.25, 0.3) is 0 Å². The van der Waals surface area contributed by atoms with Gasteiger partial charge in [0.1, 0.15) is 6.04 Å². The van der Waals surface area contributed by atoms with Crippen molar-refractivity contribution in [2.24, 2.45) is 0 Å². The maximum atomic E-state index is 12.5. The molecule has 3 atom stereocenters. The van der Waals surface area contributed by atoms with Crippen LogP contribution < -0.4 is 10.6 Å². The Balaban J connectivity index is 1.66. The monoisotopic (exact) mass is 253 g/mol. The van der Waals surface area contributed by atoms with Crippen LogP contribution in [-0.2, 0) is 14.3 Å². The van der Waals surface area contributed by atoms with Gasteiger partial charge < -0.3 is 15.0 Å². The van der Waals surface area contributed by atoms with Crippen LogP contribution >= 0.6 is 0 Å². The number of carbonyl (C=O) groups excluding carboxylic acids is 2. The summed E-state index contributed by atoms with van der Waals surface area (Å²) < 4.78 is 5.70. The van der Waals surface area contributed by atoms with Gasteiger partial charge in [-0.1, -0.05) is 0 Å². The molecule has 1 aliphatic carbocycles. The lowest BCUT2D eigenvalue weighted by atomic mass is 10.1. The zero-order chi connectivity index (χ0) is 12.5. The van der Waals surface area contributed by atoms with Gasteiger partial charge in [-0.05, 0) is 19.3 Å². The Morgan fingerprint density at radius 3 is 3.06 bits per heavy atom. The number of fused-ring (bicyclic) bond motifs is 1. The third kappa shape index (κ3) is 2.10. The zero-order valence-corrected chi connectivity index (χ0v) is 10.4. The number of rotatable bonds is 1. The van der Waals surface area contributed by atoms with Gasteiger partial charge in [-0.25, -0.2) is 0 Å². The van der Waals surface area contributed by atoms with Crippen molar-refractivity contribution in [3.05, 3.63) is 0 Å². The van der Waals surface area contributed by atoms with Crippen molar-refractivity contribution in [1.29, 1.82) is 0 Å². The minimum Gasteiger partial charge on any atom is -0.374 e. The predicted molar refractivity (Wildman–Crippen MR) is 63.9 cm³/mol. The number of hydrogen-bond acceptors (Lipinski definition) is 4. The number of nitrogens with zero attached hydrogens (tertiary/aromatic N) is 1. The Bertz CT molecular complexity index is 350. The van der Waals surface area contributed by atoms with Gasteiger partial charge in [-0.15, -0.1) is 0 Å². The molecule has 2 aliphatic heterocycles. The minimum absolute atomic E-state index is 0.0419. The van der Waals surface area contributed by atoms with Gasteiger partial charge in [0.2, 0.25) is 11.8 Å². The number of piperazine rings is 1. The Labute approximate surface area is 106 Å². The second-order valence-electron chi connectivity index (χ2n) is 5.18. The van der Waals surface area contributed by atoms with Crippen LogP contribution in [0.1, 0.15) is 19.3 Å². The largest absolute Gasteiger partial charge is 0.374 e. The van der Waals surface area contributed by atoms with Crippen LogP contribution in [0.4, 0.5) is 0 Å². The molecule has 6 heteroatoms. The number of ether oxygens (including phenoxy) is 1. The van der Waals surface area contributed by atoms with E-state index in [1.807, 2.05) is 4.90 Å². The summed E-state index contributed by atoms with van der Waals surface area (Å²) in [6, 6.07) is -0.0345.